The quantitative estimate of drug-likeness (QED) is 0.755. The summed E-state index contributed by atoms with van der Waals surface area (Å²) in [5.41, 5.74) is 0.778. The lowest BCUT2D eigenvalue weighted by atomic mass is 10.2. The van der Waals surface area contributed by atoms with E-state index in [2.05, 4.69) is 15.2 Å². The second-order valence-corrected chi connectivity index (χ2v) is 5.56. The van der Waals surface area contributed by atoms with Crippen molar-refractivity contribution in [3.8, 4) is 22.9 Å². The highest BCUT2D eigenvalue weighted by molar-refractivity contribution is 8.00. The van der Waals surface area contributed by atoms with E-state index in [1.165, 1.54) is 0 Å². The normalized spacial score (nSPS) is 12.0. The summed E-state index contributed by atoms with van der Waals surface area (Å²) in [5.74, 6) is 0.883. The maximum absolute atomic E-state index is 11.0. The van der Waals surface area contributed by atoms with E-state index in [-0.39, 0.29) is 0 Å². The number of H-pyrrole nitrogens is 1. The number of thioether (sulfide) groups is 1. The van der Waals surface area contributed by atoms with Gasteiger partial charge in [-0.05, 0) is 24.6 Å². The summed E-state index contributed by atoms with van der Waals surface area (Å²) in [6.07, 6.45) is 0.500. The molecular weight excluding hydrogens is 306 g/mol. The molecule has 0 aliphatic carbocycles. The molecule has 0 saturated heterocycles. The summed E-state index contributed by atoms with van der Waals surface area (Å²) >= 11 is 1.12. The second kappa shape index (κ2) is 7.17. The number of benzene rings is 1. The molecule has 0 spiro atoms. The number of aromatic amines is 1. The van der Waals surface area contributed by atoms with Gasteiger partial charge in [-0.2, -0.15) is 0 Å². The van der Waals surface area contributed by atoms with E-state index in [4.69, 9.17) is 14.6 Å². The lowest BCUT2D eigenvalue weighted by Gasteiger charge is -2.08. The van der Waals surface area contributed by atoms with Gasteiger partial charge in [0.25, 0.3) is 0 Å². The number of nitrogens with one attached hydrogen (secondary N) is 1. The van der Waals surface area contributed by atoms with Crippen molar-refractivity contribution in [1.82, 2.24) is 15.2 Å². The van der Waals surface area contributed by atoms with Gasteiger partial charge >= 0.3 is 5.97 Å². The molecule has 8 heteroatoms. The first-order chi connectivity index (χ1) is 10.6. The van der Waals surface area contributed by atoms with Gasteiger partial charge < -0.3 is 14.6 Å². The number of carboxylic acids is 1. The van der Waals surface area contributed by atoms with Gasteiger partial charge in [0.1, 0.15) is 5.25 Å². The van der Waals surface area contributed by atoms with Crippen LogP contribution in [0.2, 0.25) is 0 Å². The zero-order valence-corrected chi connectivity index (χ0v) is 13.3. The van der Waals surface area contributed by atoms with Crippen molar-refractivity contribution in [3.05, 3.63) is 18.2 Å². The molecular formula is C14H17N3O4S. The van der Waals surface area contributed by atoms with Crippen molar-refractivity contribution in [3.63, 3.8) is 0 Å². The van der Waals surface area contributed by atoms with Crippen molar-refractivity contribution in [1.29, 1.82) is 0 Å². The van der Waals surface area contributed by atoms with Gasteiger partial charge in [0.2, 0.25) is 5.16 Å². The Bertz CT molecular complexity index is 659. The zero-order chi connectivity index (χ0) is 16.1. The SMILES string of the molecule is CC[C@H](Sc1n[nH]c(-c2ccc(OC)c(OC)c2)n1)C(=O)O. The largest absolute Gasteiger partial charge is 0.493 e. The van der Waals surface area contributed by atoms with Crippen LogP contribution in [0.25, 0.3) is 11.4 Å². The molecule has 2 N–H and O–H groups in total. The molecule has 0 radical (unpaired) electrons. The average molecular weight is 323 g/mol. The maximum Gasteiger partial charge on any atom is 0.317 e. The summed E-state index contributed by atoms with van der Waals surface area (Å²) in [5, 5.41) is 15.8. The van der Waals surface area contributed by atoms with E-state index in [1.54, 1.807) is 26.4 Å². The first-order valence-electron chi connectivity index (χ1n) is 6.63. The number of nitrogens with zero attached hydrogens (tertiary/aromatic N) is 2. The van der Waals surface area contributed by atoms with E-state index < -0.39 is 11.2 Å². The highest BCUT2D eigenvalue weighted by Gasteiger charge is 2.19. The third kappa shape index (κ3) is 3.51. The van der Waals surface area contributed by atoms with Crippen LogP contribution in [0, 0.1) is 0 Å². The van der Waals surface area contributed by atoms with Gasteiger partial charge in [-0.3, -0.25) is 9.89 Å². The molecule has 0 fully saturated rings. The van der Waals surface area contributed by atoms with Gasteiger partial charge in [0, 0.05) is 5.56 Å². The number of aliphatic carboxylic acids is 1. The lowest BCUT2D eigenvalue weighted by molar-refractivity contribution is -0.136. The average Bonchev–Trinajstić information content (AvgIpc) is 3.00. The highest BCUT2D eigenvalue weighted by atomic mass is 32.2. The number of carbonyl (C=O) groups is 1. The Morgan fingerprint density at radius 1 is 1.36 bits per heavy atom. The molecule has 0 bridgehead atoms. The molecule has 7 nitrogen and oxygen atoms in total. The van der Waals surface area contributed by atoms with E-state index in [0.29, 0.717) is 28.9 Å². The molecule has 0 aliphatic heterocycles. The minimum atomic E-state index is -0.870. The topological polar surface area (TPSA) is 97.3 Å². The molecule has 0 saturated carbocycles. The smallest absolute Gasteiger partial charge is 0.317 e. The van der Waals surface area contributed by atoms with Crippen molar-refractivity contribution in [2.45, 2.75) is 23.8 Å². The Morgan fingerprint density at radius 3 is 2.68 bits per heavy atom. The van der Waals surface area contributed by atoms with Gasteiger partial charge in [-0.1, -0.05) is 18.7 Å². The van der Waals surface area contributed by atoms with Crippen LogP contribution in [0.4, 0.5) is 0 Å². The predicted molar refractivity (Wildman–Crippen MR) is 82.5 cm³/mol. The summed E-state index contributed by atoms with van der Waals surface area (Å²) in [7, 11) is 3.12. The molecule has 1 atom stereocenters. The predicted octanol–water partition coefficient (Wildman–Crippen LogP) is 2.44. The van der Waals surface area contributed by atoms with Gasteiger partial charge in [-0.15, -0.1) is 5.10 Å². The second-order valence-electron chi connectivity index (χ2n) is 4.39. The molecule has 0 aliphatic rings. The number of ether oxygens (including phenoxy) is 2. The molecule has 2 aromatic rings. The van der Waals surface area contributed by atoms with Crippen LogP contribution in [0.15, 0.2) is 23.4 Å². The highest BCUT2D eigenvalue weighted by Crippen LogP contribution is 2.32. The molecule has 118 valence electrons. The fourth-order valence-corrected chi connectivity index (χ4v) is 2.61. The molecule has 2 rings (SSSR count). The van der Waals surface area contributed by atoms with Crippen molar-refractivity contribution in [2.75, 3.05) is 14.2 Å². The lowest BCUT2D eigenvalue weighted by Crippen LogP contribution is -2.14. The van der Waals surface area contributed by atoms with E-state index in [0.717, 1.165) is 17.3 Å². The number of aromatic nitrogens is 3. The van der Waals surface area contributed by atoms with E-state index >= 15 is 0 Å². The molecule has 1 heterocycles. The standard InChI is InChI=1S/C14H17N3O4S/c1-4-11(13(18)19)22-14-15-12(16-17-14)8-5-6-9(20-2)10(7-8)21-3/h5-7,11H,4H2,1-3H3,(H,18,19)(H,15,16,17)/t11-/m0/s1. The first kappa shape index (κ1) is 16.2. The van der Waals surface area contributed by atoms with Gasteiger partial charge in [-0.25, -0.2) is 4.98 Å². The molecule has 0 unspecified atom stereocenters. The Balaban J connectivity index is 2.22. The van der Waals surface area contributed by atoms with E-state index in [1.807, 2.05) is 13.0 Å². The van der Waals surface area contributed by atoms with Crippen LogP contribution in [0.5, 0.6) is 11.5 Å². The minimum Gasteiger partial charge on any atom is -0.493 e. The molecule has 1 aromatic heterocycles. The Morgan fingerprint density at radius 2 is 2.09 bits per heavy atom. The Hall–Kier alpha value is -2.22. The zero-order valence-electron chi connectivity index (χ0n) is 12.5. The summed E-state index contributed by atoms with van der Waals surface area (Å²) in [6, 6.07) is 5.38. The molecule has 0 amide bonds. The number of methoxy groups -OCH3 is 2. The van der Waals surface area contributed by atoms with E-state index in [9.17, 15) is 4.79 Å². The van der Waals surface area contributed by atoms with Gasteiger partial charge in [0.15, 0.2) is 17.3 Å². The van der Waals surface area contributed by atoms with Crippen molar-refractivity contribution >= 4 is 17.7 Å². The minimum absolute atomic E-state index is 0.402. The van der Waals surface area contributed by atoms with Crippen LogP contribution in [0.3, 0.4) is 0 Å². The fourth-order valence-electron chi connectivity index (χ4n) is 1.85. The van der Waals surface area contributed by atoms with Crippen LogP contribution in [0.1, 0.15) is 13.3 Å². The number of hydrogen-bond acceptors (Lipinski definition) is 6. The van der Waals surface area contributed by atoms with Gasteiger partial charge in [0.05, 0.1) is 14.2 Å². The third-order valence-electron chi connectivity index (χ3n) is 3.02. The van der Waals surface area contributed by atoms with Crippen molar-refractivity contribution < 1.29 is 19.4 Å². The summed E-state index contributed by atoms with van der Waals surface area (Å²) < 4.78 is 10.4. The number of hydrogen-bond donors (Lipinski definition) is 2. The molecule has 1 aromatic carbocycles. The molecule has 22 heavy (non-hydrogen) atoms. The Labute approximate surface area is 132 Å². The first-order valence-corrected chi connectivity index (χ1v) is 7.51. The Kier molecular flexibility index (Phi) is 5.26. The van der Waals surface area contributed by atoms with Crippen LogP contribution >= 0.6 is 11.8 Å². The third-order valence-corrected chi connectivity index (χ3v) is 4.23. The number of carboxylic acid groups (broad SMARTS) is 1. The fraction of sp³-hybridized carbons (Fsp3) is 0.357. The van der Waals surface area contributed by atoms with Crippen LogP contribution in [-0.2, 0) is 4.79 Å². The monoisotopic (exact) mass is 323 g/mol. The van der Waals surface area contributed by atoms with Crippen molar-refractivity contribution in [2.24, 2.45) is 0 Å². The summed E-state index contributed by atoms with van der Waals surface area (Å²) in [6.45, 7) is 1.81. The van der Waals surface area contributed by atoms with Crippen LogP contribution in [-0.4, -0.2) is 45.7 Å². The number of rotatable bonds is 7. The van der Waals surface area contributed by atoms with Crippen LogP contribution < -0.4 is 9.47 Å². The maximum atomic E-state index is 11.0. The summed E-state index contributed by atoms with van der Waals surface area (Å²) in [4.78, 5) is 15.4.